The van der Waals surface area contributed by atoms with E-state index in [1.54, 1.807) is 36.4 Å². The first-order valence-electron chi connectivity index (χ1n) is 15.2. The van der Waals surface area contributed by atoms with Gasteiger partial charge in [-0.1, -0.05) is 6.07 Å². The highest BCUT2D eigenvalue weighted by Crippen LogP contribution is 2.29. The molecule has 0 fully saturated rings. The van der Waals surface area contributed by atoms with Crippen LogP contribution in [0.5, 0.6) is 23.0 Å². The summed E-state index contributed by atoms with van der Waals surface area (Å²) >= 11 is 0. The lowest BCUT2D eigenvalue weighted by molar-refractivity contribution is -0.140. The predicted molar refractivity (Wildman–Crippen MR) is 174 cm³/mol. The van der Waals surface area contributed by atoms with Crippen LogP contribution in [-0.2, 0) is 22.4 Å². The van der Waals surface area contributed by atoms with Crippen LogP contribution in [0.2, 0.25) is 0 Å². The molecule has 12 nitrogen and oxygen atoms in total. The molecule has 5 rings (SSSR count). The van der Waals surface area contributed by atoms with Gasteiger partial charge in [0.15, 0.2) is 13.2 Å². The van der Waals surface area contributed by atoms with Gasteiger partial charge in [-0.15, -0.1) is 0 Å². The van der Waals surface area contributed by atoms with Gasteiger partial charge in [0.1, 0.15) is 34.5 Å². The maximum absolute atomic E-state index is 10.8. The van der Waals surface area contributed by atoms with Gasteiger partial charge in [-0.2, -0.15) is 0 Å². The van der Waals surface area contributed by atoms with Crippen LogP contribution in [0.1, 0.15) is 34.0 Å². The molecule has 5 aromatic rings. The van der Waals surface area contributed by atoms with Gasteiger partial charge in [-0.05, 0) is 93.4 Å². The van der Waals surface area contributed by atoms with Crippen molar-refractivity contribution in [2.45, 2.75) is 40.5 Å². The third-order valence-electron chi connectivity index (χ3n) is 7.35. The number of rotatable bonds is 16. The van der Waals surface area contributed by atoms with E-state index in [2.05, 4.69) is 0 Å². The van der Waals surface area contributed by atoms with Crippen LogP contribution in [0.3, 0.4) is 0 Å². The maximum atomic E-state index is 10.8. The van der Waals surface area contributed by atoms with Crippen LogP contribution < -0.4 is 18.9 Å². The Labute approximate surface area is 276 Å². The van der Waals surface area contributed by atoms with E-state index in [1.807, 2.05) is 52.0 Å². The molecule has 0 aliphatic heterocycles. The Bertz CT molecular complexity index is 1780. The van der Waals surface area contributed by atoms with Gasteiger partial charge in [-0.25, -0.2) is 19.6 Å². The van der Waals surface area contributed by atoms with Crippen LogP contribution >= 0.6 is 0 Å². The minimum absolute atomic E-state index is 0.371. The fraction of sp³-hybridized carbons (Fsp3) is 0.278. The molecule has 0 amide bonds. The van der Waals surface area contributed by atoms with E-state index in [9.17, 15) is 9.59 Å². The number of oxazole rings is 2. The number of benzene rings is 3. The summed E-state index contributed by atoms with van der Waals surface area (Å²) in [6.07, 6.45) is 1.05. The zero-order valence-electron chi connectivity index (χ0n) is 27.1. The van der Waals surface area contributed by atoms with Gasteiger partial charge in [0.25, 0.3) is 0 Å². The molecular formula is C36H36N2O10. The number of aromatic nitrogens is 2. The van der Waals surface area contributed by atoms with Crippen LogP contribution in [-0.4, -0.2) is 58.5 Å². The minimum Gasteiger partial charge on any atom is -0.493 e. The number of hydrogen-bond donors (Lipinski definition) is 2. The lowest BCUT2D eigenvalue weighted by atomic mass is 10.1. The SMILES string of the molecule is Cc1cc(OCCc2nc(-c3cccc(-c4nc(CCOc5ccc(OCC(=O)O)c(C)c5)c(C)o4)c3)oc2C)ccc1OCC(=O)O. The fourth-order valence-electron chi connectivity index (χ4n) is 4.91. The van der Waals surface area contributed by atoms with Crippen molar-refractivity contribution in [2.75, 3.05) is 26.4 Å². The second-order valence-corrected chi connectivity index (χ2v) is 11.0. The summed E-state index contributed by atoms with van der Waals surface area (Å²) in [4.78, 5) is 31.0. The number of aliphatic carboxylic acids is 2. The van der Waals surface area contributed by atoms with Crippen molar-refractivity contribution in [2.24, 2.45) is 0 Å². The molecular weight excluding hydrogens is 620 g/mol. The Balaban J connectivity index is 1.17. The molecule has 0 saturated carbocycles. The van der Waals surface area contributed by atoms with Crippen molar-refractivity contribution >= 4 is 11.9 Å². The fourth-order valence-corrected chi connectivity index (χ4v) is 4.91. The topological polar surface area (TPSA) is 164 Å². The van der Waals surface area contributed by atoms with Gasteiger partial charge < -0.3 is 38.0 Å². The molecule has 2 heterocycles. The van der Waals surface area contributed by atoms with E-state index >= 15 is 0 Å². The summed E-state index contributed by atoms with van der Waals surface area (Å²) in [6, 6.07) is 18.1. The van der Waals surface area contributed by atoms with Crippen LogP contribution in [0.15, 0.2) is 69.5 Å². The van der Waals surface area contributed by atoms with Crippen LogP contribution in [0.4, 0.5) is 0 Å². The lowest BCUT2D eigenvalue weighted by Gasteiger charge is -2.10. The lowest BCUT2D eigenvalue weighted by Crippen LogP contribution is -2.10. The number of carboxylic acids is 2. The molecule has 0 atom stereocenters. The second kappa shape index (κ2) is 15.2. The van der Waals surface area contributed by atoms with Crippen molar-refractivity contribution in [3.05, 3.63) is 94.7 Å². The number of aryl methyl sites for hydroxylation is 4. The molecule has 3 aromatic carbocycles. The molecule has 250 valence electrons. The standard InChI is InChI=1S/C36H36N2O10/c1-21-16-27(8-10-31(21)45-19-33(39)40)43-14-12-29-23(3)47-35(37-29)25-6-5-7-26(18-25)36-38-30(24(4)48-36)13-15-44-28-9-11-32(22(2)17-28)46-20-34(41)42/h5-11,16-18H,12-15,19-20H2,1-4H3,(H,39,40)(H,41,42). The van der Waals surface area contributed by atoms with E-state index in [0.717, 1.165) is 33.6 Å². The maximum Gasteiger partial charge on any atom is 0.341 e. The van der Waals surface area contributed by atoms with Gasteiger partial charge in [0, 0.05) is 24.0 Å². The molecule has 0 bridgehead atoms. The van der Waals surface area contributed by atoms with E-state index in [0.29, 0.717) is 72.4 Å². The number of nitrogens with zero attached hydrogens (tertiary/aromatic N) is 2. The highest BCUT2D eigenvalue weighted by atomic mass is 16.5. The average molecular weight is 657 g/mol. The average Bonchev–Trinajstić information content (AvgIpc) is 3.61. The molecule has 12 heteroatoms. The smallest absolute Gasteiger partial charge is 0.341 e. The number of carboxylic acid groups (broad SMARTS) is 2. The summed E-state index contributed by atoms with van der Waals surface area (Å²) in [6.45, 7) is 7.32. The predicted octanol–water partition coefficient (Wildman–Crippen LogP) is 6.40. The molecule has 0 spiro atoms. The van der Waals surface area contributed by atoms with E-state index in [1.165, 1.54) is 0 Å². The molecule has 2 aromatic heterocycles. The second-order valence-electron chi connectivity index (χ2n) is 11.0. The third kappa shape index (κ3) is 8.72. The van der Waals surface area contributed by atoms with Gasteiger partial charge >= 0.3 is 11.9 Å². The first kappa shape index (κ1) is 33.6. The number of hydrogen-bond acceptors (Lipinski definition) is 10. The molecule has 2 N–H and O–H groups in total. The highest BCUT2D eigenvalue weighted by Gasteiger charge is 2.16. The Kier molecular flexibility index (Phi) is 10.6. The van der Waals surface area contributed by atoms with Crippen LogP contribution in [0, 0.1) is 27.7 Å². The Morgan fingerprint density at radius 2 is 1.06 bits per heavy atom. The van der Waals surface area contributed by atoms with Gasteiger partial charge in [0.05, 0.1) is 24.6 Å². The first-order chi connectivity index (χ1) is 23.0. The minimum atomic E-state index is -1.03. The van der Waals surface area contributed by atoms with Gasteiger partial charge in [-0.3, -0.25) is 0 Å². The molecule has 0 aliphatic carbocycles. The summed E-state index contributed by atoms with van der Waals surface area (Å²) < 4.78 is 34.4. The zero-order valence-corrected chi connectivity index (χ0v) is 27.1. The summed E-state index contributed by atoms with van der Waals surface area (Å²) in [5.74, 6) is 2.56. The van der Waals surface area contributed by atoms with Crippen molar-refractivity contribution in [1.29, 1.82) is 0 Å². The van der Waals surface area contributed by atoms with E-state index in [4.69, 9.17) is 48.0 Å². The van der Waals surface area contributed by atoms with E-state index < -0.39 is 25.2 Å². The Hall–Kier alpha value is -5.78. The summed E-state index contributed by atoms with van der Waals surface area (Å²) in [5, 5.41) is 17.6. The number of carbonyl (C=O) groups is 2. The number of ether oxygens (including phenoxy) is 4. The van der Waals surface area contributed by atoms with Crippen molar-refractivity contribution in [1.82, 2.24) is 9.97 Å². The Morgan fingerprint density at radius 1 is 0.625 bits per heavy atom. The summed E-state index contributed by atoms with van der Waals surface area (Å²) in [5.41, 5.74) is 4.67. The summed E-state index contributed by atoms with van der Waals surface area (Å²) in [7, 11) is 0. The largest absolute Gasteiger partial charge is 0.493 e. The highest BCUT2D eigenvalue weighted by molar-refractivity contribution is 5.69. The third-order valence-corrected chi connectivity index (χ3v) is 7.35. The first-order valence-corrected chi connectivity index (χ1v) is 15.2. The van der Waals surface area contributed by atoms with Crippen molar-refractivity contribution in [3.63, 3.8) is 0 Å². The normalized spacial score (nSPS) is 10.9. The van der Waals surface area contributed by atoms with Crippen LogP contribution in [0.25, 0.3) is 22.9 Å². The molecule has 0 unspecified atom stereocenters. The zero-order chi connectivity index (χ0) is 34.2. The molecule has 0 aliphatic rings. The van der Waals surface area contributed by atoms with Crippen molar-refractivity contribution in [3.8, 4) is 45.9 Å². The van der Waals surface area contributed by atoms with E-state index in [-0.39, 0.29) is 0 Å². The molecule has 0 radical (unpaired) electrons. The monoisotopic (exact) mass is 656 g/mol. The molecule has 48 heavy (non-hydrogen) atoms. The molecule has 0 saturated heterocycles. The Morgan fingerprint density at radius 3 is 1.46 bits per heavy atom. The quantitative estimate of drug-likeness (QED) is 0.120. The van der Waals surface area contributed by atoms with Crippen molar-refractivity contribution < 1.29 is 47.6 Å². The van der Waals surface area contributed by atoms with Gasteiger partial charge in [0.2, 0.25) is 11.8 Å².